The summed E-state index contributed by atoms with van der Waals surface area (Å²) in [5.74, 6) is 0. The summed E-state index contributed by atoms with van der Waals surface area (Å²) < 4.78 is 0. The average Bonchev–Trinajstić information content (AvgIpc) is 0. The van der Waals surface area contributed by atoms with Crippen molar-refractivity contribution < 1.29 is 121 Å². The van der Waals surface area contributed by atoms with Crippen molar-refractivity contribution in [3.63, 3.8) is 0 Å². The van der Waals surface area contributed by atoms with Crippen LogP contribution in [-0.4, -0.2) is 0 Å². The molecule has 6 nitrogen and oxygen atoms in total. The van der Waals surface area contributed by atoms with E-state index in [-0.39, 0.29) is 158 Å². The standard InChI is InChI=1S/6H2N.3Na.Y/h6*1H2;;;;/q6*-1;3*+1;+3. The van der Waals surface area contributed by atoms with Crippen LogP contribution < -0.4 is 88.7 Å². The first-order valence-electron chi connectivity index (χ1n) is 0. The first-order valence-corrected chi connectivity index (χ1v) is 0. The zero-order valence-electron chi connectivity index (χ0n) is 7.04. The predicted octanol–water partition coefficient (Wildman–Crippen LogP) is -4.69. The SMILES string of the molecule is [NH2-].[NH2-].[NH2-].[NH2-].[NH2-].[NH2-].[Na+].[Na+].[Na+].[Y+3]. The molecular formula is H12N6Na3Y. The zero-order chi connectivity index (χ0) is 0. The van der Waals surface area contributed by atoms with Crippen LogP contribution in [0.25, 0.3) is 36.9 Å². The Balaban J connectivity index is 0. The van der Waals surface area contributed by atoms with E-state index >= 15 is 0 Å². The molecule has 0 aromatic heterocycles. The molecule has 0 aromatic carbocycles. The van der Waals surface area contributed by atoms with Gasteiger partial charge in [-0.2, -0.15) is 0 Å². The third-order valence-electron chi connectivity index (χ3n) is 0. The molecule has 0 aliphatic rings. The molecule has 0 heterocycles. The summed E-state index contributed by atoms with van der Waals surface area (Å²) in [6, 6.07) is 0. The van der Waals surface area contributed by atoms with E-state index in [1.807, 2.05) is 0 Å². The monoisotopic (exact) mass is 254 g/mol. The van der Waals surface area contributed by atoms with E-state index in [4.69, 9.17) is 0 Å². The quantitative estimate of drug-likeness (QED) is 0.374. The van der Waals surface area contributed by atoms with Gasteiger partial charge in [-0.1, -0.05) is 0 Å². The molecule has 12 N–H and O–H groups in total. The van der Waals surface area contributed by atoms with E-state index in [2.05, 4.69) is 0 Å². The molecule has 0 aromatic rings. The zero-order valence-corrected chi connectivity index (χ0v) is 15.9. The average molecular weight is 254 g/mol. The summed E-state index contributed by atoms with van der Waals surface area (Å²) >= 11 is 0. The second-order valence-corrected chi connectivity index (χ2v) is 0. The van der Waals surface area contributed by atoms with Gasteiger partial charge >= 0.3 is 121 Å². The molecule has 0 fully saturated rings. The van der Waals surface area contributed by atoms with E-state index in [0.29, 0.717) is 0 Å². The van der Waals surface area contributed by atoms with Crippen molar-refractivity contribution in [1.29, 1.82) is 0 Å². The van der Waals surface area contributed by atoms with Crippen LogP contribution in [0.4, 0.5) is 0 Å². The maximum atomic E-state index is 0. The molecular weight excluding hydrogens is 242 g/mol. The van der Waals surface area contributed by atoms with Crippen LogP contribution in [0.1, 0.15) is 0 Å². The molecule has 48 valence electrons. The van der Waals surface area contributed by atoms with E-state index in [1.165, 1.54) is 0 Å². The Morgan fingerprint density at radius 1 is 0.300 bits per heavy atom. The molecule has 0 bridgehead atoms. The summed E-state index contributed by atoms with van der Waals surface area (Å²) in [7, 11) is 0. The summed E-state index contributed by atoms with van der Waals surface area (Å²) in [5.41, 5.74) is 0. The van der Waals surface area contributed by atoms with Gasteiger partial charge in [-0.25, -0.2) is 0 Å². The Bertz CT molecular complexity index is 13.0. The number of nitrogens with two attached hydrogens (primary N) is 6. The minimum absolute atomic E-state index is 0. The first kappa shape index (κ1) is 154. The Morgan fingerprint density at radius 2 is 0.300 bits per heavy atom. The van der Waals surface area contributed by atoms with Gasteiger partial charge in [0.1, 0.15) is 0 Å². The van der Waals surface area contributed by atoms with Crippen LogP contribution in [-0.2, 0) is 32.7 Å². The van der Waals surface area contributed by atoms with E-state index < -0.39 is 0 Å². The number of hydrogen-bond donors (Lipinski definition) is 0. The maximum Gasteiger partial charge on any atom is 3.00 e. The first-order chi connectivity index (χ1) is 0. The second-order valence-electron chi connectivity index (χ2n) is 0. The fraction of sp³-hybridized carbons (Fsp3) is 0. The number of rotatable bonds is 0. The van der Waals surface area contributed by atoms with Crippen molar-refractivity contribution in [2.24, 2.45) is 0 Å². The summed E-state index contributed by atoms with van der Waals surface area (Å²) in [6.07, 6.45) is 0. The van der Waals surface area contributed by atoms with Crippen LogP contribution in [0.2, 0.25) is 0 Å². The fourth-order valence-electron chi connectivity index (χ4n) is 0. The fourth-order valence-corrected chi connectivity index (χ4v) is 0. The van der Waals surface area contributed by atoms with Crippen molar-refractivity contribution in [3.8, 4) is 0 Å². The van der Waals surface area contributed by atoms with Gasteiger partial charge in [0.2, 0.25) is 0 Å². The third kappa shape index (κ3) is 93.8. The molecule has 0 spiro atoms. The van der Waals surface area contributed by atoms with Crippen LogP contribution in [0, 0.1) is 0 Å². The summed E-state index contributed by atoms with van der Waals surface area (Å²) in [4.78, 5) is 0. The molecule has 0 unspecified atom stereocenters. The molecule has 0 rings (SSSR count). The maximum absolute atomic E-state index is 0. The Labute approximate surface area is 155 Å². The topological polar surface area (TPSA) is 201 Å². The van der Waals surface area contributed by atoms with E-state index in [0.717, 1.165) is 0 Å². The van der Waals surface area contributed by atoms with Crippen molar-refractivity contribution in [1.82, 2.24) is 0 Å². The molecule has 0 radical (unpaired) electrons. The Kier molecular flexibility index (Phi) is 1860. The van der Waals surface area contributed by atoms with Gasteiger partial charge in [0.25, 0.3) is 0 Å². The molecule has 0 amide bonds. The second kappa shape index (κ2) is 121. The van der Waals surface area contributed by atoms with Crippen molar-refractivity contribution in [3.05, 3.63) is 36.9 Å². The van der Waals surface area contributed by atoms with Crippen LogP contribution >= 0.6 is 0 Å². The number of hydrogen-bond acceptors (Lipinski definition) is 0. The van der Waals surface area contributed by atoms with Gasteiger partial charge in [-0.05, 0) is 0 Å². The van der Waals surface area contributed by atoms with E-state index in [9.17, 15) is 0 Å². The van der Waals surface area contributed by atoms with Crippen LogP contribution in [0.5, 0.6) is 0 Å². The molecule has 0 saturated heterocycles. The van der Waals surface area contributed by atoms with Crippen molar-refractivity contribution in [2.75, 3.05) is 0 Å². The van der Waals surface area contributed by atoms with Crippen LogP contribution in [0.15, 0.2) is 0 Å². The molecule has 0 aliphatic heterocycles. The van der Waals surface area contributed by atoms with Gasteiger partial charge < -0.3 is 36.9 Å². The summed E-state index contributed by atoms with van der Waals surface area (Å²) in [5, 5.41) is 0. The Hall–Kier alpha value is 3.86. The smallest absolute Gasteiger partial charge is 0.693 e. The third-order valence-corrected chi connectivity index (χ3v) is 0. The van der Waals surface area contributed by atoms with Crippen molar-refractivity contribution >= 4 is 0 Å². The Morgan fingerprint density at radius 3 is 0.300 bits per heavy atom. The normalized spacial score (nSPS) is 0. The van der Waals surface area contributed by atoms with Gasteiger partial charge in [0.15, 0.2) is 0 Å². The summed E-state index contributed by atoms with van der Waals surface area (Å²) in [6.45, 7) is 0. The molecule has 10 heteroatoms. The molecule has 0 atom stereocenters. The van der Waals surface area contributed by atoms with Gasteiger partial charge in [-0.3, -0.25) is 0 Å². The van der Waals surface area contributed by atoms with Gasteiger partial charge in [0, 0.05) is 0 Å². The van der Waals surface area contributed by atoms with Crippen molar-refractivity contribution in [2.45, 2.75) is 0 Å². The minimum atomic E-state index is 0. The van der Waals surface area contributed by atoms with E-state index in [1.54, 1.807) is 0 Å². The van der Waals surface area contributed by atoms with Crippen LogP contribution in [0.3, 0.4) is 0 Å². The minimum Gasteiger partial charge on any atom is -0.693 e. The van der Waals surface area contributed by atoms with Gasteiger partial charge in [0.05, 0.1) is 0 Å². The largest absolute Gasteiger partial charge is 3.00 e. The predicted molar refractivity (Wildman–Crippen MR) is 31.7 cm³/mol. The van der Waals surface area contributed by atoms with Gasteiger partial charge in [-0.15, -0.1) is 0 Å². The molecule has 0 saturated carbocycles. The molecule has 10 heavy (non-hydrogen) atoms. The molecule has 0 aliphatic carbocycles.